The van der Waals surface area contributed by atoms with E-state index in [1.165, 1.54) is 55.3 Å². The summed E-state index contributed by atoms with van der Waals surface area (Å²) in [6.45, 7) is 0. The molecule has 2 aliphatic carbocycles. The lowest BCUT2D eigenvalue weighted by Crippen LogP contribution is -2.34. The summed E-state index contributed by atoms with van der Waals surface area (Å²) in [4.78, 5) is 0. The first-order chi connectivity index (χ1) is 28.8. The maximum atomic E-state index is 7.01. The van der Waals surface area contributed by atoms with Crippen molar-refractivity contribution in [3.05, 3.63) is 257 Å². The van der Waals surface area contributed by atoms with Crippen molar-refractivity contribution in [2.45, 2.75) is 17.8 Å². The number of hydrogen-bond donors (Lipinski definition) is 0. The van der Waals surface area contributed by atoms with E-state index >= 15 is 0 Å². The second kappa shape index (κ2) is 14.1. The fraction of sp³-hybridized carbons (Fsp3) is 0.0714. The lowest BCUT2D eigenvalue weighted by Gasteiger charge is -2.38. The number of rotatable bonds is 7. The Kier molecular flexibility index (Phi) is 8.29. The predicted octanol–water partition coefficient (Wildman–Crippen LogP) is 14.3. The monoisotopic (exact) mass is 744 g/mol. The van der Waals surface area contributed by atoms with Crippen molar-refractivity contribution in [2.24, 2.45) is 5.92 Å². The molecule has 8 aromatic carbocycles. The van der Waals surface area contributed by atoms with Gasteiger partial charge < -0.3 is 9.47 Å². The number of hydrogen-bond acceptors (Lipinski definition) is 2. The molecule has 2 heteroatoms. The van der Waals surface area contributed by atoms with Gasteiger partial charge in [0.1, 0.15) is 0 Å². The largest absolute Gasteiger partial charge is 0.449 e. The van der Waals surface area contributed by atoms with Gasteiger partial charge in [0.05, 0.1) is 5.41 Å². The van der Waals surface area contributed by atoms with Gasteiger partial charge in [0.2, 0.25) is 0 Å². The van der Waals surface area contributed by atoms with E-state index in [1.54, 1.807) is 0 Å². The highest BCUT2D eigenvalue weighted by Gasteiger charge is 2.54. The minimum absolute atomic E-state index is 0.114. The van der Waals surface area contributed by atoms with Gasteiger partial charge in [0.25, 0.3) is 0 Å². The minimum Gasteiger partial charge on any atom is -0.449 e. The summed E-state index contributed by atoms with van der Waals surface area (Å²) in [5.41, 5.74) is 11.7. The quantitative estimate of drug-likeness (QED) is 0.162. The van der Waals surface area contributed by atoms with Crippen LogP contribution in [0.25, 0.3) is 27.5 Å². The number of benzene rings is 8. The summed E-state index contributed by atoms with van der Waals surface area (Å²) in [5, 5.41) is 2.46. The second-order valence-electron chi connectivity index (χ2n) is 15.5. The molecule has 2 atom stereocenters. The SMILES string of the molecule is C1=CC2c3c(ccc4c3Oc3ccc(-c5ccccc5/C(=C/Cc5ccccc5)c5ccc6ccccc6c5)cc3O4)C(c3ccccc3)(c3ccccc3)C2C=C1. The molecule has 0 N–H and O–H groups in total. The lowest BCUT2D eigenvalue weighted by atomic mass is 9.63. The van der Waals surface area contributed by atoms with Gasteiger partial charge in [-0.15, -0.1) is 0 Å². The van der Waals surface area contributed by atoms with E-state index in [9.17, 15) is 0 Å². The van der Waals surface area contributed by atoms with Gasteiger partial charge in [-0.05, 0) is 91.5 Å². The van der Waals surface area contributed by atoms with Gasteiger partial charge in [-0.3, -0.25) is 0 Å². The maximum absolute atomic E-state index is 7.01. The number of fused-ring (bicyclic) bond motifs is 7. The zero-order valence-corrected chi connectivity index (χ0v) is 32.0. The molecular weight excluding hydrogens is 705 g/mol. The fourth-order valence-corrected chi connectivity index (χ4v) is 9.79. The smallest absolute Gasteiger partial charge is 0.174 e. The van der Waals surface area contributed by atoms with E-state index in [2.05, 4.69) is 218 Å². The van der Waals surface area contributed by atoms with E-state index < -0.39 is 5.41 Å². The first-order valence-electron chi connectivity index (χ1n) is 20.2. The molecule has 0 fully saturated rings. The summed E-state index contributed by atoms with van der Waals surface area (Å²) in [7, 11) is 0. The molecule has 8 aromatic rings. The van der Waals surface area contributed by atoms with E-state index in [0.29, 0.717) is 5.75 Å². The van der Waals surface area contributed by atoms with Crippen molar-refractivity contribution in [2.75, 3.05) is 0 Å². The molecule has 2 unspecified atom stereocenters. The van der Waals surface area contributed by atoms with Crippen LogP contribution in [0.3, 0.4) is 0 Å². The first kappa shape index (κ1) is 34.1. The van der Waals surface area contributed by atoms with Crippen molar-refractivity contribution in [3.8, 4) is 34.1 Å². The van der Waals surface area contributed by atoms with Gasteiger partial charge in [-0.2, -0.15) is 0 Å². The Bertz CT molecular complexity index is 2880. The van der Waals surface area contributed by atoms with Crippen molar-refractivity contribution >= 4 is 16.3 Å². The summed E-state index contributed by atoms with van der Waals surface area (Å²) in [6.07, 6.45) is 12.3. The molecule has 1 heterocycles. The maximum Gasteiger partial charge on any atom is 0.174 e. The fourth-order valence-electron chi connectivity index (χ4n) is 9.79. The molecule has 1 aliphatic heterocycles. The van der Waals surface area contributed by atoms with E-state index in [1.807, 2.05) is 0 Å². The zero-order valence-electron chi connectivity index (χ0n) is 32.0. The first-order valence-corrected chi connectivity index (χ1v) is 20.2. The Morgan fingerprint density at radius 1 is 0.534 bits per heavy atom. The van der Waals surface area contributed by atoms with Crippen LogP contribution in [0.4, 0.5) is 0 Å². The van der Waals surface area contributed by atoms with Crippen LogP contribution in [0, 0.1) is 5.92 Å². The average Bonchev–Trinajstić information content (AvgIpc) is 3.61. The molecule has 58 heavy (non-hydrogen) atoms. The third-order valence-corrected chi connectivity index (χ3v) is 12.4. The summed E-state index contributed by atoms with van der Waals surface area (Å²) in [5.74, 6) is 3.27. The van der Waals surface area contributed by atoms with Crippen molar-refractivity contribution in [1.82, 2.24) is 0 Å². The van der Waals surface area contributed by atoms with Crippen LogP contribution >= 0.6 is 0 Å². The predicted molar refractivity (Wildman–Crippen MR) is 237 cm³/mol. The summed E-state index contributed by atoms with van der Waals surface area (Å²) < 4.78 is 13.9. The van der Waals surface area contributed by atoms with Crippen molar-refractivity contribution in [3.63, 3.8) is 0 Å². The molecule has 0 amide bonds. The number of allylic oxidation sites excluding steroid dienone is 5. The van der Waals surface area contributed by atoms with Crippen LogP contribution in [0.2, 0.25) is 0 Å². The Morgan fingerprint density at radius 2 is 1.21 bits per heavy atom. The van der Waals surface area contributed by atoms with Crippen LogP contribution in [0.15, 0.2) is 218 Å². The van der Waals surface area contributed by atoms with Crippen LogP contribution < -0.4 is 9.47 Å². The molecule has 0 spiro atoms. The zero-order chi connectivity index (χ0) is 38.5. The topological polar surface area (TPSA) is 18.5 Å². The summed E-state index contributed by atoms with van der Waals surface area (Å²) in [6, 6.07) is 67.5. The standard InChI is InChI=1S/C56H40O2/c1-4-16-38(17-5-1)28-32-46(41-30-29-39-18-10-11-19-40(39)36-41)47-25-13-12-24-45(47)42-31-34-51-53(37-42)57-52-35-33-50-54(55(52)58-51)48-26-14-15-27-49(48)56(50,43-20-6-2-7-21-43)44-22-8-3-9-23-44/h1-27,29-37,48-49H,28H2/b46-32+. The second-order valence-corrected chi connectivity index (χ2v) is 15.5. The van der Waals surface area contributed by atoms with Gasteiger partial charge in [-0.1, -0.05) is 194 Å². The van der Waals surface area contributed by atoms with Gasteiger partial charge in [-0.25, -0.2) is 0 Å². The molecule has 3 aliphatic rings. The van der Waals surface area contributed by atoms with Gasteiger partial charge in [0, 0.05) is 17.4 Å². The molecular formula is C56H40O2. The molecule has 0 saturated carbocycles. The Labute approximate surface area is 339 Å². The average molecular weight is 745 g/mol. The Morgan fingerprint density at radius 3 is 2.00 bits per heavy atom. The Balaban J connectivity index is 1.01. The molecule has 0 aromatic heterocycles. The van der Waals surface area contributed by atoms with Crippen LogP contribution in [-0.4, -0.2) is 0 Å². The highest BCUT2D eigenvalue weighted by Crippen LogP contribution is 2.64. The molecule has 0 radical (unpaired) electrons. The highest BCUT2D eigenvalue weighted by molar-refractivity contribution is 5.93. The van der Waals surface area contributed by atoms with Crippen LogP contribution in [0.1, 0.15) is 44.9 Å². The van der Waals surface area contributed by atoms with E-state index in [-0.39, 0.29) is 11.8 Å². The molecule has 2 nitrogen and oxygen atoms in total. The van der Waals surface area contributed by atoms with Gasteiger partial charge >= 0.3 is 0 Å². The van der Waals surface area contributed by atoms with Crippen LogP contribution in [0.5, 0.6) is 23.0 Å². The molecule has 276 valence electrons. The van der Waals surface area contributed by atoms with Crippen molar-refractivity contribution < 1.29 is 9.47 Å². The third-order valence-electron chi connectivity index (χ3n) is 12.4. The lowest BCUT2D eigenvalue weighted by molar-refractivity contribution is 0.355. The highest BCUT2D eigenvalue weighted by atomic mass is 16.6. The van der Waals surface area contributed by atoms with E-state index in [0.717, 1.165) is 34.8 Å². The Hall–Kier alpha value is -7.16. The molecule has 0 bridgehead atoms. The van der Waals surface area contributed by atoms with Crippen molar-refractivity contribution in [1.29, 1.82) is 0 Å². The van der Waals surface area contributed by atoms with Gasteiger partial charge in [0.15, 0.2) is 23.0 Å². The minimum atomic E-state index is -0.396. The third kappa shape index (κ3) is 5.56. The van der Waals surface area contributed by atoms with Crippen LogP contribution in [-0.2, 0) is 11.8 Å². The van der Waals surface area contributed by atoms with E-state index in [4.69, 9.17) is 9.47 Å². The summed E-state index contributed by atoms with van der Waals surface area (Å²) >= 11 is 0. The number of ether oxygens (including phenoxy) is 2. The normalized spacial score (nSPS) is 17.1. The molecule has 11 rings (SSSR count). The molecule has 0 saturated heterocycles.